The third-order valence-electron chi connectivity index (χ3n) is 4.94. The van der Waals surface area contributed by atoms with Crippen molar-refractivity contribution in [1.29, 1.82) is 0 Å². The van der Waals surface area contributed by atoms with Gasteiger partial charge in [0.25, 0.3) is 0 Å². The second-order valence-electron chi connectivity index (χ2n) is 6.51. The van der Waals surface area contributed by atoms with Gasteiger partial charge in [-0.25, -0.2) is 0 Å². The van der Waals surface area contributed by atoms with Gasteiger partial charge in [0.05, 0.1) is 0 Å². The fourth-order valence-electron chi connectivity index (χ4n) is 3.33. The standard InChI is InChI=1S/C15H28N2O.ClH/c1-10(2)13-6-4-5-7-14(13)17-15(18)11(3)12-8-16-9-12;/h10-14,16H,4-9H2,1-3H3,(H,17,18);1H. The highest BCUT2D eigenvalue weighted by atomic mass is 35.5. The number of rotatable bonds is 4. The topological polar surface area (TPSA) is 41.1 Å². The maximum absolute atomic E-state index is 12.3. The van der Waals surface area contributed by atoms with Gasteiger partial charge in [0, 0.05) is 12.0 Å². The normalized spacial score (nSPS) is 29.3. The minimum atomic E-state index is 0. The van der Waals surface area contributed by atoms with Gasteiger partial charge in [-0.05, 0) is 43.7 Å². The van der Waals surface area contributed by atoms with Gasteiger partial charge in [0.2, 0.25) is 5.91 Å². The fourth-order valence-corrected chi connectivity index (χ4v) is 3.33. The smallest absolute Gasteiger partial charge is 0.223 e. The summed E-state index contributed by atoms with van der Waals surface area (Å²) in [4.78, 5) is 12.3. The summed E-state index contributed by atoms with van der Waals surface area (Å²) in [5.41, 5.74) is 0. The van der Waals surface area contributed by atoms with Crippen LogP contribution in [0.15, 0.2) is 0 Å². The molecule has 4 heteroatoms. The zero-order valence-corrected chi connectivity index (χ0v) is 13.3. The van der Waals surface area contributed by atoms with Gasteiger partial charge in [0.15, 0.2) is 0 Å². The summed E-state index contributed by atoms with van der Waals surface area (Å²) in [6.45, 7) is 8.66. The predicted octanol–water partition coefficient (Wildman–Crippen LogP) is 2.59. The maximum atomic E-state index is 12.3. The summed E-state index contributed by atoms with van der Waals surface area (Å²) in [6, 6.07) is 0.418. The molecule has 19 heavy (non-hydrogen) atoms. The van der Waals surface area contributed by atoms with Crippen molar-refractivity contribution < 1.29 is 4.79 Å². The first-order valence-corrected chi connectivity index (χ1v) is 7.60. The highest BCUT2D eigenvalue weighted by Gasteiger charge is 2.33. The third-order valence-corrected chi connectivity index (χ3v) is 4.94. The Bertz CT molecular complexity index is 292. The van der Waals surface area contributed by atoms with E-state index in [1.54, 1.807) is 0 Å². The largest absolute Gasteiger partial charge is 0.353 e. The van der Waals surface area contributed by atoms with Gasteiger partial charge >= 0.3 is 0 Å². The molecule has 2 fully saturated rings. The van der Waals surface area contributed by atoms with Crippen molar-refractivity contribution in [2.24, 2.45) is 23.7 Å². The molecule has 0 aromatic heterocycles. The van der Waals surface area contributed by atoms with E-state index >= 15 is 0 Å². The molecule has 3 nitrogen and oxygen atoms in total. The summed E-state index contributed by atoms with van der Waals surface area (Å²) in [5.74, 6) is 2.34. The molecule has 0 bridgehead atoms. The van der Waals surface area contributed by atoms with Gasteiger partial charge < -0.3 is 10.6 Å². The minimum Gasteiger partial charge on any atom is -0.353 e. The lowest BCUT2D eigenvalue weighted by Crippen LogP contribution is -2.52. The van der Waals surface area contributed by atoms with Crippen LogP contribution in [-0.2, 0) is 4.79 Å². The van der Waals surface area contributed by atoms with Gasteiger partial charge in [0.1, 0.15) is 0 Å². The van der Waals surface area contributed by atoms with E-state index in [9.17, 15) is 4.79 Å². The molecular weight excluding hydrogens is 260 g/mol. The molecule has 2 rings (SSSR count). The first kappa shape index (κ1) is 16.8. The van der Waals surface area contributed by atoms with E-state index in [0.717, 1.165) is 13.1 Å². The second kappa shape index (κ2) is 7.49. The van der Waals surface area contributed by atoms with Gasteiger partial charge in [-0.3, -0.25) is 4.79 Å². The average Bonchev–Trinajstić information content (AvgIpc) is 2.27. The van der Waals surface area contributed by atoms with Crippen LogP contribution in [0, 0.1) is 23.7 Å². The van der Waals surface area contributed by atoms with Gasteiger partial charge in [-0.1, -0.05) is 33.6 Å². The molecule has 1 aliphatic carbocycles. The number of hydrogen-bond donors (Lipinski definition) is 2. The second-order valence-corrected chi connectivity index (χ2v) is 6.51. The molecule has 1 heterocycles. The number of halogens is 1. The van der Waals surface area contributed by atoms with Crippen LogP contribution in [0.4, 0.5) is 0 Å². The molecule has 0 radical (unpaired) electrons. The maximum Gasteiger partial charge on any atom is 0.223 e. The SMILES string of the molecule is CC(C)C1CCCCC1NC(=O)C(C)C1CNC1.Cl. The van der Waals surface area contributed by atoms with Crippen LogP contribution in [0.25, 0.3) is 0 Å². The van der Waals surface area contributed by atoms with Crippen LogP contribution in [0.3, 0.4) is 0 Å². The molecule has 2 aliphatic rings. The van der Waals surface area contributed by atoms with E-state index in [2.05, 4.69) is 31.4 Å². The minimum absolute atomic E-state index is 0. The van der Waals surface area contributed by atoms with Crippen LogP contribution in [0.2, 0.25) is 0 Å². The van der Waals surface area contributed by atoms with E-state index in [1.165, 1.54) is 25.7 Å². The highest BCUT2D eigenvalue weighted by Crippen LogP contribution is 2.30. The molecule has 0 aromatic carbocycles. The summed E-state index contributed by atoms with van der Waals surface area (Å²) in [7, 11) is 0. The molecule has 3 atom stereocenters. The lowest BCUT2D eigenvalue weighted by Gasteiger charge is -2.37. The van der Waals surface area contributed by atoms with Crippen LogP contribution >= 0.6 is 12.4 Å². The number of carbonyl (C=O) groups excluding carboxylic acids is 1. The van der Waals surface area contributed by atoms with Crippen molar-refractivity contribution in [3.63, 3.8) is 0 Å². The zero-order chi connectivity index (χ0) is 13.1. The fraction of sp³-hybridized carbons (Fsp3) is 0.933. The number of carbonyl (C=O) groups is 1. The molecule has 0 spiro atoms. The van der Waals surface area contributed by atoms with Gasteiger partial charge in [-0.15, -0.1) is 12.4 Å². The molecule has 1 saturated carbocycles. The number of amides is 1. The molecular formula is C15H29ClN2O. The summed E-state index contributed by atoms with van der Waals surface area (Å²) in [5, 5.41) is 6.58. The lowest BCUT2D eigenvalue weighted by molar-refractivity contribution is -0.128. The van der Waals surface area contributed by atoms with Crippen molar-refractivity contribution >= 4 is 18.3 Å². The Morgan fingerprint density at radius 1 is 1.16 bits per heavy atom. The van der Waals surface area contributed by atoms with E-state index in [-0.39, 0.29) is 24.2 Å². The van der Waals surface area contributed by atoms with Crippen LogP contribution in [-0.4, -0.2) is 25.0 Å². The third kappa shape index (κ3) is 4.09. The van der Waals surface area contributed by atoms with E-state index in [1.807, 2.05) is 0 Å². The lowest BCUT2D eigenvalue weighted by atomic mass is 9.77. The summed E-state index contributed by atoms with van der Waals surface area (Å²) < 4.78 is 0. The number of nitrogens with one attached hydrogen (secondary N) is 2. The van der Waals surface area contributed by atoms with Crippen molar-refractivity contribution in [3.05, 3.63) is 0 Å². The average molecular weight is 289 g/mol. The molecule has 0 aromatic rings. The Hall–Kier alpha value is -0.280. The first-order valence-electron chi connectivity index (χ1n) is 7.60. The van der Waals surface area contributed by atoms with Crippen molar-refractivity contribution in [2.45, 2.75) is 52.5 Å². The van der Waals surface area contributed by atoms with Crippen LogP contribution in [0.1, 0.15) is 46.5 Å². The Morgan fingerprint density at radius 2 is 1.79 bits per heavy atom. The molecule has 112 valence electrons. The Kier molecular flexibility index (Phi) is 6.61. The van der Waals surface area contributed by atoms with E-state index < -0.39 is 0 Å². The van der Waals surface area contributed by atoms with E-state index in [0.29, 0.717) is 23.8 Å². The highest BCUT2D eigenvalue weighted by molar-refractivity contribution is 5.85. The van der Waals surface area contributed by atoms with Crippen molar-refractivity contribution in [3.8, 4) is 0 Å². The predicted molar refractivity (Wildman–Crippen MR) is 81.5 cm³/mol. The molecule has 2 N–H and O–H groups in total. The molecule has 3 unspecified atom stereocenters. The number of hydrogen-bond acceptors (Lipinski definition) is 2. The molecule has 1 amide bonds. The van der Waals surface area contributed by atoms with Crippen LogP contribution < -0.4 is 10.6 Å². The quantitative estimate of drug-likeness (QED) is 0.835. The zero-order valence-electron chi connectivity index (χ0n) is 12.4. The monoisotopic (exact) mass is 288 g/mol. The summed E-state index contributed by atoms with van der Waals surface area (Å²) in [6.07, 6.45) is 5.05. The van der Waals surface area contributed by atoms with Crippen molar-refractivity contribution in [2.75, 3.05) is 13.1 Å². The van der Waals surface area contributed by atoms with Crippen LogP contribution in [0.5, 0.6) is 0 Å². The summed E-state index contributed by atoms with van der Waals surface area (Å²) >= 11 is 0. The van der Waals surface area contributed by atoms with E-state index in [4.69, 9.17) is 0 Å². The Balaban J connectivity index is 0.00000180. The van der Waals surface area contributed by atoms with Gasteiger partial charge in [-0.2, -0.15) is 0 Å². The van der Waals surface area contributed by atoms with Crippen molar-refractivity contribution in [1.82, 2.24) is 10.6 Å². The Morgan fingerprint density at radius 3 is 2.32 bits per heavy atom. The molecule has 1 saturated heterocycles. The Labute approximate surface area is 123 Å². The first-order chi connectivity index (χ1) is 8.59. The molecule has 1 aliphatic heterocycles.